The molecule has 0 aliphatic carbocycles. The molecular weight excluding hydrogens is 210 g/mol. The van der Waals surface area contributed by atoms with Crippen molar-refractivity contribution in [1.29, 1.82) is 0 Å². The van der Waals surface area contributed by atoms with Crippen molar-refractivity contribution in [2.24, 2.45) is 4.99 Å². The maximum absolute atomic E-state index is 4.32. The lowest BCUT2D eigenvalue weighted by Gasteiger charge is -2.11. The predicted octanol–water partition coefficient (Wildman–Crippen LogP) is 2.53. The number of hydrogen-bond acceptors (Lipinski definition) is 3. The van der Waals surface area contributed by atoms with Gasteiger partial charge in [0.15, 0.2) is 0 Å². The van der Waals surface area contributed by atoms with E-state index in [-0.39, 0.29) is 12.4 Å². The Hall–Kier alpha value is -1.22. The fourth-order valence-electron chi connectivity index (χ4n) is 1.49. The van der Waals surface area contributed by atoms with E-state index in [1.54, 1.807) is 0 Å². The third-order valence-corrected chi connectivity index (χ3v) is 2.36. The Morgan fingerprint density at radius 3 is 2.67 bits per heavy atom. The van der Waals surface area contributed by atoms with Gasteiger partial charge in [0, 0.05) is 13.0 Å². The molecule has 1 aromatic rings. The van der Waals surface area contributed by atoms with Crippen LogP contribution < -0.4 is 10.9 Å². The van der Waals surface area contributed by atoms with Gasteiger partial charge < -0.3 is 0 Å². The number of nitrogens with one attached hydrogen (secondary N) is 2. The van der Waals surface area contributed by atoms with E-state index in [4.69, 9.17) is 0 Å². The minimum Gasteiger partial charge on any atom is -0.300 e. The standard InChI is InChI=1S/C11H15N3.ClH/c1-9-5-2-3-6-10(9)13-14-11-7-4-8-12-11;/h2-3,5-6,13H,4,7-8H2,1H3,(H,12,14);1H. The smallest absolute Gasteiger partial charge is 0.115 e. The van der Waals surface area contributed by atoms with Crippen LogP contribution in [0.3, 0.4) is 0 Å². The van der Waals surface area contributed by atoms with Crippen LogP contribution in [0.15, 0.2) is 29.3 Å². The molecule has 2 rings (SSSR count). The lowest BCUT2D eigenvalue weighted by molar-refractivity contribution is 0.944. The Balaban J connectivity index is 0.00000112. The second-order valence-corrected chi connectivity index (χ2v) is 3.50. The third kappa shape index (κ3) is 3.13. The topological polar surface area (TPSA) is 36.4 Å². The summed E-state index contributed by atoms with van der Waals surface area (Å²) in [4.78, 5) is 4.32. The average Bonchev–Trinajstić information content (AvgIpc) is 2.69. The number of amidine groups is 1. The minimum atomic E-state index is 0. The Bertz CT molecular complexity index is 349. The van der Waals surface area contributed by atoms with Crippen LogP contribution in [-0.4, -0.2) is 12.4 Å². The number of rotatable bonds is 2. The van der Waals surface area contributed by atoms with Crippen LogP contribution in [0.1, 0.15) is 18.4 Å². The summed E-state index contributed by atoms with van der Waals surface area (Å²) < 4.78 is 0. The van der Waals surface area contributed by atoms with Crippen molar-refractivity contribution >= 4 is 23.9 Å². The summed E-state index contributed by atoms with van der Waals surface area (Å²) in [5.74, 6) is 1.06. The second kappa shape index (κ2) is 5.61. The van der Waals surface area contributed by atoms with E-state index >= 15 is 0 Å². The average molecular weight is 226 g/mol. The number of halogens is 1. The van der Waals surface area contributed by atoms with Gasteiger partial charge in [-0.3, -0.25) is 15.8 Å². The van der Waals surface area contributed by atoms with Gasteiger partial charge in [-0.2, -0.15) is 0 Å². The molecule has 0 aromatic heterocycles. The third-order valence-electron chi connectivity index (χ3n) is 2.36. The van der Waals surface area contributed by atoms with E-state index in [0.717, 1.165) is 30.9 Å². The molecule has 0 fully saturated rings. The predicted molar refractivity (Wildman–Crippen MR) is 66.7 cm³/mol. The minimum absolute atomic E-state index is 0. The highest BCUT2D eigenvalue weighted by atomic mass is 35.5. The second-order valence-electron chi connectivity index (χ2n) is 3.50. The highest BCUT2D eigenvalue weighted by molar-refractivity contribution is 5.85. The number of aliphatic imine (C=N–C) groups is 1. The molecule has 0 amide bonds. The van der Waals surface area contributed by atoms with Crippen LogP contribution in [0, 0.1) is 6.92 Å². The van der Waals surface area contributed by atoms with Gasteiger partial charge in [-0.15, -0.1) is 12.4 Å². The fraction of sp³-hybridized carbons (Fsp3) is 0.364. The molecule has 0 atom stereocenters. The highest BCUT2D eigenvalue weighted by Crippen LogP contribution is 2.12. The van der Waals surface area contributed by atoms with Crippen molar-refractivity contribution in [1.82, 2.24) is 5.43 Å². The normalized spacial score (nSPS) is 14.1. The summed E-state index contributed by atoms with van der Waals surface area (Å²) in [5, 5.41) is 0. The molecule has 0 radical (unpaired) electrons. The molecule has 1 heterocycles. The van der Waals surface area contributed by atoms with E-state index in [0.29, 0.717) is 0 Å². The lowest BCUT2D eigenvalue weighted by Crippen LogP contribution is -2.28. The molecule has 15 heavy (non-hydrogen) atoms. The van der Waals surface area contributed by atoms with Crippen molar-refractivity contribution in [3.8, 4) is 0 Å². The van der Waals surface area contributed by atoms with Crippen LogP contribution in [0.5, 0.6) is 0 Å². The molecule has 4 heteroatoms. The largest absolute Gasteiger partial charge is 0.300 e. The number of hydrazine groups is 1. The van der Waals surface area contributed by atoms with Gasteiger partial charge in [-0.25, -0.2) is 0 Å². The van der Waals surface area contributed by atoms with Crippen molar-refractivity contribution < 1.29 is 0 Å². The van der Waals surface area contributed by atoms with E-state index in [2.05, 4.69) is 34.9 Å². The zero-order chi connectivity index (χ0) is 9.80. The zero-order valence-corrected chi connectivity index (χ0v) is 9.60. The first-order valence-corrected chi connectivity index (χ1v) is 4.97. The van der Waals surface area contributed by atoms with Gasteiger partial charge in [-0.1, -0.05) is 18.2 Å². The molecule has 82 valence electrons. The molecule has 0 spiro atoms. The summed E-state index contributed by atoms with van der Waals surface area (Å²) in [7, 11) is 0. The van der Waals surface area contributed by atoms with Gasteiger partial charge in [-0.05, 0) is 25.0 Å². The number of benzene rings is 1. The van der Waals surface area contributed by atoms with E-state index in [1.807, 2.05) is 12.1 Å². The first-order valence-electron chi connectivity index (χ1n) is 4.97. The molecule has 0 unspecified atom stereocenters. The van der Waals surface area contributed by atoms with E-state index in [9.17, 15) is 0 Å². The summed E-state index contributed by atoms with van der Waals surface area (Å²) in [6, 6.07) is 8.19. The molecule has 0 saturated heterocycles. The summed E-state index contributed by atoms with van der Waals surface area (Å²) in [6.07, 6.45) is 2.22. The lowest BCUT2D eigenvalue weighted by atomic mass is 10.2. The fourth-order valence-corrected chi connectivity index (χ4v) is 1.49. The first-order chi connectivity index (χ1) is 6.86. The summed E-state index contributed by atoms with van der Waals surface area (Å²) >= 11 is 0. The van der Waals surface area contributed by atoms with Gasteiger partial charge in [0.25, 0.3) is 0 Å². The summed E-state index contributed by atoms with van der Waals surface area (Å²) in [5.41, 5.74) is 8.66. The van der Waals surface area contributed by atoms with E-state index in [1.165, 1.54) is 5.56 Å². The molecule has 1 aromatic carbocycles. The number of aryl methyl sites for hydroxylation is 1. The summed E-state index contributed by atoms with van der Waals surface area (Å²) in [6.45, 7) is 3.04. The number of nitrogens with zero attached hydrogens (tertiary/aromatic N) is 1. The maximum atomic E-state index is 4.32. The number of hydrogen-bond donors (Lipinski definition) is 2. The van der Waals surface area contributed by atoms with Gasteiger partial charge in [0.2, 0.25) is 0 Å². The van der Waals surface area contributed by atoms with Gasteiger partial charge >= 0.3 is 0 Å². The molecular formula is C11H16ClN3. The quantitative estimate of drug-likeness (QED) is 0.759. The van der Waals surface area contributed by atoms with Crippen LogP contribution in [0.4, 0.5) is 5.69 Å². The molecule has 1 aliphatic heterocycles. The van der Waals surface area contributed by atoms with Crippen molar-refractivity contribution in [2.45, 2.75) is 19.8 Å². The van der Waals surface area contributed by atoms with E-state index < -0.39 is 0 Å². The van der Waals surface area contributed by atoms with Crippen molar-refractivity contribution in [2.75, 3.05) is 12.0 Å². The maximum Gasteiger partial charge on any atom is 0.115 e. The van der Waals surface area contributed by atoms with Crippen LogP contribution in [0.25, 0.3) is 0 Å². The molecule has 3 nitrogen and oxygen atoms in total. The molecule has 1 aliphatic rings. The highest BCUT2D eigenvalue weighted by Gasteiger charge is 2.04. The Morgan fingerprint density at radius 1 is 1.20 bits per heavy atom. The van der Waals surface area contributed by atoms with Crippen molar-refractivity contribution in [3.05, 3.63) is 29.8 Å². The Labute approximate surface area is 96.4 Å². The zero-order valence-electron chi connectivity index (χ0n) is 8.79. The molecule has 0 saturated carbocycles. The Morgan fingerprint density at radius 2 is 2.00 bits per heavy atom. The van der Waals surface area contributed by atoms with Crippen LogP contribution in [0.2, 0.25) is 0 Å². The number of anilines is 1. The van der Waals surface area contributed by atoms with Crippen molar-refractivity contribution in [3.63, 3.8) is 0 Å². The van der Waals surface area contributed by atoms with Gasteiger partial charge in [0.05, 0.1) is 5.69 Å². The SMILES string of the molecule is Cc1ccccc1NNC1=NCCC1.Cl. The van der Waals surface area contributed by atoms with Gasteiger partial charge in [0.1, 0.15) is 5.84 Å². The molecule has 2 N–H and O–H groups in total. The monoisotopic (exact) mass is 225 g/mol. The van der Waals surface area contributed by atoms with Crippen LogP contribution in [-0.2, 0) is 0 Å². The molecule has 0 bridgehead atoms. The number of para-hydroxylation sites is 1. The Kier molecular flexibility index (Phi) is 4.43. The van der Waals surface area contributed by atoms with Crippen LogP contribution >= 0.6 is 12.4 Å². The first kappa shape index (κ1) is 11.9.